The largest absolute Gasteiger partial charge is 0.486 e. The molecule has 0 atom stereocenters. The second-order valence-electron chi connectivity index (χ2n) is 17.8. The van der Waals surface area contributed by atoms with Gasteiger partial charge in [-0.1, -0.05) is 49.1 Å². The fourth-order valence-corrected chi connectivity index (χ4v) is 12.0. The van der Waals surface area contributed by atoms with Gasteiger partial charge in [-0.05, 0) is 67.3 Å². The van der Waals surface area contributed by atoms with E-state index in [2.05, 4.69) is 128 Å². The maximum absolute atomic E-state index is 13.9. The van der Waals surface area contributed by atoms with Crippen LogP contribution in [0.2, 0.25) is 17.3 Å². The Morgan fingerprint density at radius 1 is 0.758 bits per heavy atom. The minimum atomic E-state index is -1.97. The van der Waals surface area contributed by atoms with Crippen molar-refractivity contribution in [3.63, 3.8) is 0 Å². The number of nitrogens with zero attached hydrogens (tertiary/aromatic N) is 4. The number of furan rings is 2. The molecule has 0 aliphatic heterocycles. The fourth-order valence-electron chi connectivity index (χ4n) is 8.64. The summed E-state index contributed by atoms with van der Waals surface area (Å²) in [6.07, 6.45) is 4.75. The molecule has 6 nitrogen and oxygen atoms in total. The zero-order valence-electron chi connectivity index (χ0n) is 36.6. The first kappa shape index (κ1) is 43.2. The fraction of sp³-hybridized carbons (Fsp3) is 0.226. The molecule has 5 aromatic heterocycles. The van der Waals surface area contributed by atoms with Crippen molar-refractivity contribution in [3.05, 3.63) is 150 Å². The maximum Gasteiger partial charge on any atom is 0.216 e. The van der Waals surface area contributed by atoms with Crippen LogP contribution >= 0.6 is 0 Å². The van der Waals surface area contributed by atoms with E-state index in [-0.39, 0.29) is 25.9 Å². The van der Waals surface area contributed by atoms with Crippen molar-refractivity contribution in [2.24, 2.45) is 5.92 Å². The van der Waals surface area contributed by atoms with Crippen LogP contribution in [-0.2, 0) is 26.5 Å². The van der Waals surface area contributed by atoms with E-state index < -0.39 is 13.3 Å². The third-order valence-electron chi connectivity index (χ3n) is 11.6. The van der Waals surface area contributed by atoms with Crippen molar-refractivity contribution < 1.29 is 33.3 Å². The smallest absolute Gasteiger partial charge is 0.216 e. The molecule has 0 amide bonds. The summed E-state index contributed by atoms with van der Waals surface area (Å²) in [7, 11) is 0. The summed E-state index contributed by atoms with van der Waals surface area (Å²) in [6.45, 7) is 13.2. The molecule has 0 aliphatic carbocycles. The third-order valence-corrected chi connectivity index (χ3v) is 15.9. The molecular formula is C53H49FGeIrN4O2-2. The predicted octanol–water partition coefficient (Wildman–Crippen LogP) is 13.9. The SMILES string of the molecule is CC(C)Cc1cc(-c2[c-]cccc2F)nc[c]1[Ge]([CH3])([CH3])[CH3].Cc1cc2c(oc3cc(C(C)C)ccc32)c(C)c1-n1c(-c2[c-]ccc3c2oc2ncccc23)nc2ccccc21.[Ir]. The van der Waals surface area contributed by atoms with Crippen molar-refractivity contribution >= 4 is 72.7 Å². The molecule has 0 saturated heterocycles. The first-order valence-electron chi connectivity index (χ1n) is 21.1. The predicted molar refractivity (Wildman–Crippen MR) is 251 cm³/mol. The average Bonchev–Trinajstić information content (AvgIpc) is 3.92. The first-order valence-corrected chi connectivity index (χ1v) is 28.4. The number of imidazole rings is 1. The summed E-state index contributed by atoms with van der Waals surface area (Å²) < 4.78 is 30.5. The van der Waals surface area contributed by atoms with E-state index in [9.17, 15) is 4.39 Å². The van der Waals surface area contributed by atoms with Gasteiger partial charge in [-0.25, -0.2) is 4.98 Å². The van der Waals surface area contributed by atoms with E-state index in [1.165, 1.54) is 21.6 Å². The molecule has 0 fully saturated rings. The molecule has 5 heterocycles. The minimum absolute atomic E-state index is 0. The second kappa shape index (κ2) is 17.0. The Hall–Kier alpha value is -5.41. The van der Waals surface area contributed by atoms with Gasteiger partial charge in [-0.15, -0.1) is 18.2 Å². The Morgan fingerprint density at radius 3 is 2.31 bits per heavy atom. The van der Waals surface area contributed by atoms with Crippen molar-refractivity contribution in [2.45, 2.75) is 71.1 Å². The molecule has 10 rings (SSSR count). The van der Waals surface area contributed by atoms with Crippen LogP contribution in [0.3, 0.4) is 0 Å². The molecule has 0 N–H and O–H groups in total. The Bertz CT molecular complexity index is 3280. The standard InChI is InChI=1S/C35H26N3O2.C18H23FGeN.Ir/c1-19(2)22-14-15-23-27-17-20(3)31(21(4)32(27)39-30(23)18-22)38-29-13-6-5-12-28(29)37-34(38)26-10-7-9-24-25-11-8-16-36-35(25)40-33(24)26;1-13(2)10-14-11-18(15-8-6-7-9-16(15)19)21-12-17(14)20(3,4)5;/h5-9,11-19H,1-4H3;6-7,9,11-13H,10H2,1-5H3;/q2*-1;. The van der Waals surface area contributed by atoms with E-state index in [0.29, 0.717) is 28.8 Å². The normalized spacial score (nSPS) is 11.9. The molecule has 1 radical (unpaired) electrons. The maximum atomic E-state index is 13.9. The number of aryl methyl sites for hydroxylation is 2. The topological polar surface area (TPSA) is 69.9 Å². The van der Waals surface area contributed by atoms with Crippen molar-refractivity contribution in [1.82, 2.24) is 19.5 Å². The monoisotopic (exact) mass is 1060 g/mol. The van der Waals surface area contributed by atoms with E-state index >= 15 is 0 Å². The molecule has 0 spiro atoms. The number of rotatable bonds is 7. The van der Waals surface area contributed by atoms with Crippen molar-refractivity contribution in [1.29, 1.82) is 0 Å². The number of pyridine rings is 2. The van der Waals surface area contributed by atoms with Gasteiger partial charge >= 0.3 is 130 Å². The molecule has 9 heteroatoms. The molecule has 0 aliphatic rings. The molecule has 315 valence electrons. The zero-order chi connectivity index (χ0) is 42.7. The van der Waals surface area contributed by atoms with E-state index in [1.54, 1.807) is 18.3 Å². The zero-order valence-corrected chi connectivity index (χ0v) is 41.1. The first-order chi connectivity index (χ1) is 29.3. The van der Waals surface area contributed by atoms with E-state index in [4.69, 9.17) is 13.8 Å². The van der Waals surface area contributed by atoms with Crippen molar-refractivity contribution in [3.8, 4) is 28.3 Å². The molecule has 0 unspecified atom stereocenters. The molecule has 62 heavy (non-hydrogen) atoms. The molecular weight excluding hydrogens is 1010 g/mol. The number of halogens is 1. The number of para-hydroxylation sites is 2. The van der Waals surface area contributed by atoms with Gasteiger partial charge in [0.25, 0.3) is 0 Å². The summed E-state index contributed by atoms with van der Waals surface area (Å²) in [5.74, 6) is 8.64. The van der Waals surface area contributed by atoms with Crippen LogP contribution in [0.1, 0.15) is 55.9 Å². The summed E-state index contributed by atoms with van der Waals surface area (Å²) >= 11 is -1.97. The second-order valence-corrected chi connectivity index (χ2v) is 28.4. The summed E-state index contributed by atoms with van der Waals surface area (Å²) in [6, 6.07) is 38.3. The van der Waals surface area contributed by atoms with Gasteiger partial charge in [0.1, 0.15) is 11.2 Å². The van der Waals surface area contributed by atoms with Crippen LogP contribution in [0.15, 0.2) is 118 Å². The molecule has 0 saturated carbocycles. The Balaban J connectivity index is 0.000000205. The number of hydrogen-bond acceptors (Lipinski definition) is 5. The van der Waals surface area contributed by atoms with Gasteiger partial charge in [0.2, 0.25) is 5.71 Å². The number of hydrogen-bond donors (Lipinski definition) is 0. The molecule has 10 aromatic rings. The molecule has 5 aromatic carbocycles. The van der Waals surface area contributed by atoms with E-state index in [1.807, 2.05) is 42.6 Å². The summed E-state index contributed by atoms with van der Waals surface area (Å²) in [5.41, 5.74) is 12.9. The van der Waals surface area contributed by atoms with Crippen molar-refractivity contribution in [2.75, 3.05) is 0 Å². The van der Waals surface area contributed by atoms with Gasteiger partial charge in [-0.2, -0.15) is 0 Å². The van der Waals surface area contributed by atoms with Gasteiger partial charge in [0, 0.05) is 53.7 Å². The Kier molecular flexibility index (Phi) is 11.9. The number of benzene rings is 5. The van der Waals surface area contributed by atoms with Crippen LogP contribution in [0.4, 0.5) is 4.39 Å². The number of fused-ring (bicyclic) bond motifs is 7. The number of aromatic nitrogens is 4. The van der Waals surface area contributed by atoms with E-state index in [0.717, 1.165) is 84.0 Å². The van der Waals surface area contributed by atoms with Crippen LogP contribution in [0, 0.1) is 37.7 Å². The van der Waals surface area contributed by atoms with Gasteiger partial charge in [-0.3, -0.25) is 4.98 Å². The quantitative estimate of drug-likeness (QED) is 0.117. The Labute approximate surface area is 378 Å². The average molecular weight is 1060 g/mol. The third kappa shape index (κ3) is 7.82. The summed E-state index contributed by atoms with van der Waals surface area (Å²) in [4.78, 5) is 14.1. The van der Waals surface area contributed by atoms with Crippen LogP contribution in [0.5, 0.6) is 0 Å². The minimum Gasteiger partial charge on any atom is -0.486 e. The summed E-state index contributed by atoms with van der Waals surface area (Å²) in [5, 5.41) is 4.25. The van der Waals surface area contributed by atoms with Gasteiger partial charge in [0.15, 0.2) is 0 Å². The molecule has 0 bridgehead atoms. The van der Waals surface area contributed by atoms with Crippen LogP contribution in [0.25, 0.3) is 83.4 Å². The Morgan fingerprint density at radius 2 is 1.55 bits per heavy atom. The van der Waals surface area contributed by atoms with Crippen LogP contribution < -0.4 is 4.40 Å². The van der Waals surface area contributed by atoms with Gasteiger partial charge in [0.05, 0.1) is 22.4 Å². The van der Waals surface area contributed by atoms with Crippen LogP contribution in [-0.4, -0.2) is 32.8 Å². The van der Waals surface area contributed by atoms with Gasteiger partial charge < -0.3 is 13.4 Å².